The Kier molecular flexibility index (Phi) is 4.11. The summed E-state index contributed by atoms with van der Waals surface area (Å²) < 4.78 is 14.0. The number of aromatic nitrogens is 5. The monoisotopic (exact) mass is 299 g/mol. The van der Waals surface area contributed by atoms with Crippen LogP contribution in [0.3, 0.4) is 0 Å². The molecule has 0 saturated heterocycles. The average molecular weight is 299 g/mol. The van der Waals surface area contributed by atoms with Gasteiger partial charge in [-0.15, -0.1) is 0 Å². The van der Waals surface area contributed by atoms with E-state index in [0.717, 1.165) is 11.3 Å². The molecule has 6 nitrogen and oxygen atoms in total. The van der Waals surface area contributed by atoms with Gasteiger partial charge in [-0.1, -0.05) is 41.5 Å². The van der Waals surface area contributed by atoms with Crippen LogP contribution in [0.2, 0.25) is 0 Å². The van der Waals surface area contributed by atoms with E-state index >= 15 is 0 Å². The van der Waals surface area contributed by atoms with Crippen LogP contribution in [0.1, 0.15) is 11.3 Å². The molecule has 21 heavy (non-hydrogen) atoms. The Hall–Kier alpha value is -2.41. The van der Waals surface area contributed by atoms with E-state index in [1.165, 1.54) is 0 Å². The van der Waals surface area contributed by atoms with Gasteiger partial charge in [0.1, 0.15) is 0 Å². The molecule has 0 fully saturated rings. The maximum atomic E-state index is 12.4. The molecule has 1 atom stereocenters. The number of nitrogens with zero attached hydrogens (tertiary/aromatic N) is 5. The van der Waals surface area contributed by atoms with E-state index in [2.05, 4.69) is 20.5 Å². The molecule has 7 heteroatoms. The van der Waals surface area contributed by atoms with Crippen LogP contribution in [0.5, 0.6) is 0 Å². The van der Waals surface area contributed by atoms with Gasteiger partial charge in [0, 0.05) is 6.20 Å². The lowest BCUT2D eigenvalue weighted by Gasteiger charge is -2.04. The second kappa shape index (κ2) is 6.36. The van der Waals surface area contributed by atoms with Gasteiger partial charge in [0.05, 0.1) is 28.8 Å². The lowest BCUT2D eigenvalue weighted by atomic mass is 10.2. The van der Waals surface area contributed by atoms with E-state index in [4.69, 9.17) is 0 Å². The van der Waals surface area contributed by atoms with Crippen molar-refractivity contribution in [3.05, 3.63) is 66.0 Å². The summed E-state index contributed by atoms with van der Waals surface area (Å²) in [6, 6.07) is 15.3. The van der Waals surface area contributed by atoms with Crippen molar-refractivity contribution in [3.8, 4) is 0 Å². The largest absolute Gasteiger partial charge is 0.260 e. The lowest BCUT2D eigenvalue weighted by molar-refractivity contribution is 0.589. The highest BCUT2D eigenvalue weighted by molar-refractivity contribution is 7.84. The molecule has 1 aromatic carbocycles. The zero-order valence-corrected chi connectivity index (χ0v) is 12.0. The first kappa shape index (κ1) is 13.6. The van der Waals surface area contributed by atoms with Crippen molar-refractivity contribution < 1.29 is 4.21 Å². The molecule has 3 rings (SSSR count). The molecule has 0 radical (unpaired) electrons. The van der Waals surface area contributed by atoms with E-state index in [1.54, 1.807) is 10.9 Å². The van der Waals surface area contributed by atoms with Gasteiger partial charge in [0.2, 0.25) is 5.16 Å². The van der Waals surface area contributed by atoms with Crippen LogP contribution < -0.4 is 0 Å². The van der Waals surface area contributed by atoms with E-state index in [1.807, 2.05) is 48.5 Å². The fourth-order valence-electron chi connectivity index (χ4n) is 1.90. The van der Waals surface area contributed by atoms with Crippen molar-refractivity contribution in [2.45, 2.75) is 17.5 Å². The number of tetrazole rings is 1. The fourth-order valence-corrected chi connectivity index (χ4v) is 2.93. The normalized spacial score (nSPS) is 12.2. The third kappa shape index (κ3) is 3.38. The van der Waals surface area contributed by atoms with Crippen molar-refractivity contribution in [2.24, 2.45) is 0 Å². The Morgan fingerprint density at radius 3 is 2.62 bits per heavy atom. The van der Waals surface area contributed by atoms with E-state index in [-0.39, 0.29) is 0 Å². The summed E-state index contributed by atoms with van der Waals surface area (Å²) in [7, 11) is -1.32. The Labute approximate surface area is 124 Å². The van der Waals surface area contributed by atoms with Gasteiger partial charge < -0.3 is 0 Å². The highest BCUT2D eigenvalue weighted by atomic mass is 32.2. The highest BCUT2D eigenvalue weighted by Crippen LogP contribution is 2.09. The topological polar surface area (TPSA) is 73.6 Å². The second-order valence-corrected chi connectivity index (χ2v) is 5.76. The molecule has 0 aliphatic heterocycles. The molecular formula is C14H13N5OS. The van der Waals surface area contributed by atoms with Crippen molar-refractivity contribution in [1.82, 2.24) is 25.2 Å². The summed E-state index contributed by atoms with van der Waals surface area (Å²) in [5, 5.41) is 11.8. The third-order valence-corrected chi connectivity index (χ3v) is 4.14. The van der Waals surface area contributed by atoms with E-state index < -0.39 is 10.8 Å². The Morgan fingerprint density at radius 2 is 1.86 bits per heavy atom. The quantitative estimate of drug-likeness (QED) is 0.712. The molecule has 2 aromatic heterocycles. The lowest BCUT2D eigenvalue weighted by Crippen LogP contribution is -2.10. The molecule has 106 valence electrons. The zero-order valence-electron chi connectivity index (χ0n) is 11.2. The molecule has 0 bridgehead atoms. The maximum absolute atomic E-state index is 12.4. The van der Waals surface area contributed by atoms with Crippen LogP contribution in [0, 0.1) is 0 Å². The summed E-state index contributed by atoms with van der Waals surface area (Å²) in [5.41, 5.74) is 1.81. The zero-order chi connectivity index (χ0) is 14.5. The van der Waals surface area contributed by atoms with Crippen molar-refractivity contribution in [3.63, 3.8) is 0 Å². The molecule has 1 unspecified atom stereocenters. The molecule has 0 aliphatic rings. The number of rotatable bonds is 5. The first-order valence-corrected chi connectivity index (χ1v) is 7.73. The Balaban J connectivity index is 1.77. The van der Waals surface area contributed by atoms with Crippen LogP contribution in [-0.4, -0.2) is 29.4 Å². The molecule has 0 N–H and O–H groups in total. The van der Waals surface area contributed by atoms with Crippen LogP contribution in [0.15, 0.2) is 59.9 Å². The molecule has 0 spiro atoms. The molecular weight excluding hydrogens is 286 g/mol. The predicted molar refractivity (Wildman–Crippen MR) is 77.7 cm³/mol. The number of benzene rings is 1. The predicted octanol–water partition coefficient (Wildman–Crippen LogP) is 1.42. The minimum atomic E-state index is -1.32. The first-order chi connectivity index (χ1) is 10.3. The molecule has 0 aliphatic carbocycles. The number of hydrogen-bond acceptors (Lipinski definition) is 5. The smallest absolute Gasteiger partial charge is 0.240 e. The fraction of sp³-hybridized carbons (Fsp3) is 0.143. The van der Waals surface area contributed by atoms with Crippen molar-refractivity contribution in [1.29, 1.82) is 0 Å². The molecule has 3 aromatic rings. The summed E-state index contributed by atoms with van der Waals surface area (Å²) in [6.07, 6.45) is 1.68. The average Bonchev–Trinajstić information content (AvgIpc) is 2.97. The maximum Gasteiger partial charge on any atom is 0.240 e. The van der Waals surface area contributed by atoms with Crippen LogP contribution in [0.25, 0.3) is 0 Å². The minimum absolute atomic E-state index is 0.302. The standard InChI is InChI=1S/C14H13N5OS/c20-21(11-13-8-4-5-9-15-13)14-16-17-18-19(14)10-12-6-2-1-3-7-12/h1-9H,10-11H2. The summed E-state index contributed by atoms with van der Waals surface area (Å²) in [6.45, 7) is 0.497. The van der Waals surface area contributed by atoms with Crippen molar-refractivity contribution in [2.75, 3.05) is 0 Å². The first-order valence-electron chi connectivity index (χ1n) is 6.41. The van der Waals surface area contributed by atoms with Crippen LogP contribution >= 0.6 is 0 Å². The van der Waals surface area contributed by atoms with Gasteiger partial charge >= 0.3 is 0 Å². The van der Waals surface area contributed by atoms with Crippen LogP contribution in [0.4, 0.5) is 0 Å². The van der Waals surface area contributed by atoms with Crippen LogP contribution in [-0.2, 0) is 23.1 Å². The SMILES string of the molecule is O=S(Cc1ccccn1)c1nnnn1Cc1ccccc1. The van der Waals surface area contributed by atoms with Gasteiger partial charge in [0.25, 0.3) is 0 Å². The van der Waals surface area contributed by atoms with E-state index in [9.17, 15) is 4.21 Å². The molecule has 0 amide bonds. The molecule has 2 heterocycles. The Bertz CT molecular complexity index is 729. The highest BCUT2D eigenvalue weighted by Gasteiger charge is 2.15. The Morgan fingerprint density at radius 1 is 1.05 bits per heavy atom. The van der Waals surface area contributed by atoms with Gasteiger partial charge in [0.15, 0.2) is 0 Å². The van der Waals surface area contributed by atoms with Crippen molar-refractivity contribution >= 4 is 10.8 Å². The second-order valence-electron chi connectivity index (χ2n) is 4.42. The summed E-state index contributed by atoms with van der Waals surface area (Å²) in [4.78, 5) is 4.17. The summed E-state index contributed by atoms with van der Waals surface area (Å²) in [5.74, 6) is 0.302. The third-order valence-electron chi connectivity index (χ3n) is 2.88. The molecule has 0 saturated carbocycles. The van der Waals surface area contributed by atoms with Gasteiger partial charge in [-0.3, -0.25) is 9.19 Å². The van der Waals surface area contributed by atoms with Gasteiger partial charge in [-0.25, -0.2) is 4.68 Å². The van der Waals surface area contributed by atoms with Gasteiger partial charge in [-0.2, -0.15) is 0 Å². The number of pyridine rings is 1. The minimum Gasteiger partial charge on any atom is -0.260 e. The van der Waals surface area contributed by atoms with Gasteiger partial charge in [-0.05, 0) is 28.1 Å². The summed E-state index contributed by atoms with van der Waals surface area (Å²) >= 11 is 0. The van der Waals surface area contributed by atoms with E-state index in [0.29, 0.717) is 17.5 Å². The number of hydrogen-bond donors (Lipinski definition) is 0.